The summed E-state index contributed by atoms with van der Waals surface area (Å²) in [4.78, 5) is 28.2. The molecule has 1 saturated heterocycles. The van der Waals surface area contributed by atoms with Gasteiger partial charge in [-0.2, -0.15) is 0 Å². The molecule has 0 aromatic heterocycles. The van der Waals surface area contributed by atoms with Gasteiger partial charge in [0.1, 0.15) is 11.3 Å². The number of likely N-dealkylation sites (tertiary alicyclic amines) is 1. The van der Waals surface area contributed by atoms with Crippen molar-refractivity contribution in [2.75, 3.05) is 18.4 Å². The van der Waals surface area contributed by atoms with E-state index < -0.39 is 17.4 Å². The number of nitrogens with one attached hydrogen (secondary N) is 2. The lowest BCUT2D eigenvalue weighted by Gasteiger charge is -2.44. The van der Waals surface area contributed by atoms with Gasteiger partial charge in [-0.3, -0.25) is 14.5 Å². The maximum atomic E-state index is 12.9. The lowest BCUT2D eigenvalue weighted by atomic mass is 9.80. The highest BCUT2D eigenvalue weighted by Gasteiger charge is 2.43. The predicted molar refractivity (Wildman–Crippen MR) is 137 cm³/mol. The van der Waals surface area contributed by atoms with E-state index in [9.17, 15) is 14.7 Å². The van der Waals surface area contributed by atoms with Gasteiger partial charge in [0.2, 0.25) is 0 Å². The van der Waals surface area contributed by atoms with Crippen LogP contribution in [0.2, 0.25) is 0 Å². The van der Waals surface area contributed by atoms with E-state index in [0.29, 0.717) is 18.0 Å². The van der Waals surface area contributed by atoms with Crippen LogP contribution in [0.15, 0.2) is 65.9 Å². The highest BCUT2D eigenvalue weighted by Crippen LogP contribution is 2.35. The summed E-state index contributed by atoms with van der Waals surface area (Å²) in [6, 6.07) is 18.3. The molecule has 2 fully saturated rings. The zero-order valence-corrected chi connectivity index (χ0v) is 20.3. The fourth-order valence-electron chi connectivity index (χ4n) is 5.87. The summed E-state index contributed by atoms with van der Waals surface area (Å²) in [7, 11) is 0. The molecule has 3 N–H and O–H groups in total. The van der Waals surface area contributed by atoms with Crippen molar-refractivity contribution < 1.29 is 14.7 Å². The summed E-state index contributed by atoms with van der Waals surface area (Å²) < 4.78 is 0. The number of aliphatic hydroxyl groups excluding tert-OH is 1. The van der Waals surface area contributed by atoms with Crippen LogP contribution in [0.1, 0.15) is 68.4 Å². The molecule has 2 aromatic carbocycles. The number of amides is 2. The van der Waals surface area contributed by atoms with Crippen molar-refractivity contribution in [2.24, 2.45) is 0 Å². The van der Waals surface area contributed by atoms with Gasteiger partial charge in [0, 0.05) is 37.3 Å². The Labute approximate surface area is 207 Å². The summed E-state index contributed by atoms with van der Waals surface area (Å²) in [5.74, 6) is -0.551. The topological polar surface area (TPSA) is 81.7 Å². The summed E-state index contributed by atoms with van der Waals surface area (Å²) in [5.41, 5.74) is 2.56. The average Bonchev–Trinajstić information content (AvgIpc) is 2.87. The number of carbonyl (C=O) groups is 2. The first kappa shape index (κ1) is 23.6. The molecule has 6 heteroatoms. The third kappa shape index (κ3) is 5.43. The first-order chi connectivity index (χ1) is 17.0. The number of piperidine rings is 1. The molecular weight excluding hydrogens is 438 g/mol. The number of hydrogen-bond acceptors (Lipinski definition) is 4. The van der Waals surface area contributed by atoms with E-state index in [0.717, 1.165) is 32.5 Å². The van der Waals surface area contributed by atoms with Gasteiger partial charge in [0.15, 0.2) is 0 Å². The number of anilines is 1. The summed E-state index contributed by atoms with van der Waals surface area (Å²) in [6.45, 7) is 2.54. The van der Waals surface area contributed by atoms with Gasteiger partial charge in [-0.05, 0) is 54.9 Å². The predicted octanol–water partition coefficient (Wildman–Crippen LogP) is 5.04. The minimum atomic E-state index is -0.554. The Bertz CT molecular complexity index is 1080. The van der Waals surface area contributed by atoms with Crippen molar-refractivity contribution in [1.29, 1.82) is 0 Å². The van der Waals surface area contributed by atoms with Gasteiger partial charge >= 0.3 is 0 Å². The van der Waals surface area contributed by atoms with E-state index >= 15 is 0 Å². The molecule has 2 aromatic rings. The van der Waals surface area contributed by atoms with E-state index in [-0.39, 0.29) is 11.3 Å². The van der Waals surface area contributed by atoms with Gasteiger partial charge in [0.05, 0.1) is 0 Å². The van der Waals surface area contributed by atoms with E-state index in [4.69, 9.17) is 0 Å². The Morgan fingerprint density at radius 2 is 1.69 bits per heavy atom. The van der Waals surface area contributed by atoms with E-state index in [1.807, 2.05) is 30.3 Å². The molecule has 1 spiro atoms. The Balaban J connectivity index is 1.19. The molecule has 0 bridgehead atoms. The van der Waals surface area contributed by atoms with Crippen LogP contribution in [-0.2, 0) is 16.1 Å². The number of rotatable bonds is 5. The van der Waals surface area contributed by atoms with Crippen molar-refractivity contribution in [3.05, 3.63) is 77.1 Å². The van der Waals surface area contributed by atoms with Crippen molar-refractivity contribution in [3.8, 4) is 0 Å². The van der Waals surface area contributed by atoms with Gasteiger partial charge in [-0.1, -0.05) is 61.7 Å². The van der Waals surface area contributed by atoms with Crippen LogP contribution in [0.25, 0.3) is 0 Å². The Kier molecular flexibility index (Phi) is 6.91. The minimum Gasteiger partial charge on any atom is -0.511 e. The van der Waals surface area contributed by atoms with E-state index in [2.05, 4.69) is 39.8 Å². The van der Waals surface area contributed by atoms with Crippen LogP contribution >= 0.6 is 0 Å². The van der Waals surface area contributed by atoms with Crippen LogP contribution in [-0.4, -0.2) is 40.4 Å². The van der Waals surface area contributed by atoms with E-state index in [1.54, 1.807) is 0 Å². The van der Waals surface area contributed by atoms with Gasteiger partial charge in [-0.25, -0.2) is 0 Å². The normalized spacial score (nSPS) is 21.1. The third-order valence-electron chi connectivity index (χ3n) is 7.93. The van der Waals surface area contributed by atoms with Crippen LogP contribution < -0.4 is 10.6 Å². The molecule has 2 heterocycles. The minimum absolute atomic E-state index is 0.110. The largest absolute Gasteiger partial charge is 0.511 e. The van der Waals surface area contributed by atoms with Crippen molar-refractivity contribution in [2.45, 2.75) is 69.4 Å². The van der Waals surface area contributed by atoms with Gasteiger partial charge < -0.3 is 15.7 Å². The second-order valence-corrected chi connectivity index (χ2v) is 10.4. The van der Waals surface area contributed by atoms with Crippen LogP contribution in [0, 0.1) is 0 Å². The Hall–Kier alpha value is -3.12. The zero-order valence-electron chi connectivity index (χ0n) is 20.3. The average molecular weight is 474 g/mol. The van der Waals surface area contributed by atoms with Crippen molar-refractivity contribution >= 4 is 17.5 Å². The first-order valence-electron chi connectivity index (χ1n) is 12.9. The Morgan fingerprint density at radius 3 is 2.34 bits per heavy atom. The third-order valence-corrected chi connectivity index (χ3v) is 7.93. The highest BCUT2D eigenvalue weighted by molar-refractivity contribution is 6.23. The zero-order chi connectivity index (χ0) is 24.3. The molecule has 3 aliphatic rings. The molecule has 1 aliphatic carbocycles. The lowest BCUT2D eigenvalue weighted by Crippen LogP contribution is -2.58. The van der Waals surface area contributed by atoms with Crippen molar-refractivity contribution in [3.63, 3.8) is 0 Å². The number of carbonyl (C=O) groups excluding carboxylic acids is 2. The summed E-state index contributed by atoms with van der Waals surface area (Å²) in [5, 5.41) is 16.6. The molecule has 2 amide bonds. The van der Waals surface area contributed by atoms with Crippen molar-refractivity contribution in [1.82, 2.24) is 10.2 Å². The molecule has 6 nitrogen and oxygen atoms in total. The van der Waals surface area contributed by atoms with Gasteiger partial charge in [0.25, 0.3) is 11.8 Å². The molecule has 5 rings (SSSR count). The van der Waals surface area contributed by atoms with Crippen LogP contribution in [0.3, 0.4) is 0 Å². The van der Waals surface area contributed by atoms with E-state index in [1.165, 1.54) is 43.2 Å². The lowest BCUT2D eigenvalue weighted by molar-refractivity contribution is -0.124. The highest BCUT2D eigenvalue weighted by atomic mass is 16.3. The SMILES string of the molecule is O=C(Nc1ccc(C2CCCCC2)cc1)C1=C(O)CC2(CCN(Cc3ccccc3)CC2)NC1=O. The first-order valence-corrected chi connectivity index (χ1v) is 12.9. The Morgan fingerprint density at radius 1 is 1.00 bits per heavy atom. The molecule has 0 unspecified atom stereocenters. The second kappa shape index (κ2) is 10.2. The number of aliphatic hydroxyl groups is 1. The summed E-state index contributed by atoms with van der Waals surface area (Å²) in [6.07, 6.45) is 8.09. The second-order valence-electron chi connectivity index (χ2n) is 10.4. The van der Waals surface area contributed by atoms with Gasteiger partial charge in [-0.15, -0.1) is 0 Å². The number of benzene rings is 2. The maximum Gasteiger partial charge on any atom is 0.264 e. The number of hydrogen-bond donors (Lipinski definition) is 3. The molecule has 0 radical (unpaired) electrons. The molecule has 0 atom stereocenters. The number of nitrogens with zero attached hydrogens (tertiary/aromatic N) is 1. The maximum absolute atomic E-state index is 12.9. The molecule has 1 saturated carbocycles. The molecule has 2 aliphatic heterocycles. The molecule has 184 valence electrons. The fraction of sp³-hybridized carbons (Fsp3) is 0.448. The standard InChI is InChI=1S/C29H35N3O3/c33-25-19-29(15-17-32(18-16-29)20-21-7-3-1-4-8-21)31-28(35)26(25)27(34)30-24-13-11-23(12-14-24)22-9-5-2-6-10-22/h1,3-4,7-8,11-14,22,33H,2,5-6,9-10,15-20H2,(H,30,34)(H,31,35). The smallest absolute Gasteiger partial charge is 0.264 e. The van der Waals surface area contributed by atoms with Crippen LogP contribution in [0.4, 0.5) is 5.69 Å². The van der Waals surface area contributed by atoms with Crippen LogP contribution in [0.5, 0.6) is 0 Å². The molecular formula is C29H35N3O3. The molecule has 35 heavy (non-hydrogen) atoms. The quantitative estimate of drug-likeness (QED) is 0.532. The fourth-order valence-corrected chi connectivity index (χ4v) is 5.87. The monoisotopic (exact) mass is 473 g/mol. The summed E-state index contributed by atoms with van der Waals surface area (Å²) >= 11 is 0.